The molecule has 0 atom stereocenters. The zero-order valence-electron chi connectivity index (χ0n) is 12.6. The molecule has 4 nitrogen and oxygen atoms in total. The van der Waals surface area contributed by atoms with E-state index in [1.165, 1.54) is 23.1 Å². The van der Waals surface area contributed by atoms with Crippen LogP contribution in [0.4, 0.5) is 5.00 Å². The molecule has 1 amide bonds. The summed E-state index contributed by atoms with van der Waals surface area (Å²) in [5.74, 6) is -1.29. The highest BCUT2D eigenvalue weighted by Gasteiger charge is 2.22. The normalized spacial score (nSPS) is 10.5. The van der Waals surface area contributed by atoms with Gasteiger partial charge in [0.25, 0.3) is 5.91 Å². The summed E-state index contributed by atoms with van der Waals surface area (Å²) >= 11 is 2.79. The number of carbonyl (C=O) groups excluding carboxylic acids is 1. The molecule has 0 saturated heterocycles. The second-order valence-electron chi connectivity index (χ2n) is 4.65. The van der Waals surface area contributed by atoms with Crippen molar-refractivity contribution in [2.45, 2.75) is 25.2 Å². The first-order valence-corrected chi connectivity index (χ1v) is 8.83. The van der Waals surface area contributed by atoms with Crippen LogP contribution in [-0.2, 0) is 6.42 Å². The van der Waals surface area contributed by atoms with Gasteiger partial charge >= 0.3 is 5.97 Å². The number of hydrogen-bond acceptors (Lipinski definition) is 4. The monoisotopic (exact) mass is 335 g/mol. The van der Waals surface area contributed by atoms with E-state index in [2.05, 4.69) is 5.32 Å². The second kappa shape index (κ2) is 6.98. The number of carbonyl (C=O) groups is 2. The largest absolute Gasteiger partial charge is 0.478 e. The van der Waals surface area contributed by atoms with Gasteiger partial charge in [0.1, 0.15) is 5.00 Å². The first kappa shape index (κ1) is 16.6. The molecular formula is C16H17NO3S2. The van der Waals surface area contributed by atoms with Crippen LogP contribution in [0.2, 0.25) is 0 Å². The molecule has 22 heavy (non-hydrogen) atoms. The molecule has 2 aromatic rings. The quantitative estimate of drug-likeness (QED) is 0.800. The number of thioether (sulfide) groups is 1. The van der Waals surface area contributed by atoms with Crippen LogP contribution in [0.5, 0.6) is 0 Å². The van der Waals surface area contributed by atoms with Gasteiger partial charge in [-0.3, -0.25) is 4.79 Å². The van der Waals surface area contributed by atoms with Gasteiger partial charge < -0.3 is 10.4 Å². The van der Waals surface area contributed by atoms with Crippen LogP contribution in [0, 0.1) is 6.92 Å². The molecule has 2 N–H and O–H groups in total. The van der Waals surface area contributed by atoms with Gasteiger partial charge in [-0.15, -0.1) is 23.1 Å². The Morgan fingerprint density at radius 3 is 2.59 bits per heavy atom. The number of rotatable bonds is 5. The van der Waals surface area contributed by atoms with Gasteiger partial charge in [-0.05, 0) is 37.3 Å². The lowest BCUT2D eigenvalue weighted by molar-refractivity contribution is 0.0697. The number of benzene rings is 1. The van der Waals surface area contributed by atoms with Crippen LogP contribution < -0.4 is 5.32 Å². The fourth-order valence-corrected chi connectivity index (χ4v) is 4.05. The molecule has 0 aliphatic heterocycles. The maximum absolute atomic E-state index is 12.5. The maximum Gasteiger partial charge on any atom is 0.339 e. The first-order valence-electron chi connectivity index (χ1n) is 6.79. The lowest BCUT2D eigenvalue weighted by atomic mass is 10.1. The summed E-state index contributed by atoms with van der Waals surface area (Å²) in [6, 6.07) is 7.28. The summed E-state index contributed by atoms with van der Waals surface area (Å²) in [7, 11) is 0. The Labute approximate surface area is 137 Å². The van der Waals surface area contributed by atoms with E-state index in [0.717, 1.165) is 15.3 Å². The van der Waals surface area contributed by atoms with Crippen molar-refractivity contribution < 1.29 is 14.7 Å². The molecule has 0 aliphatic rings. The lowest BCUT2D eigenvalue weighted by Crippen LogP contribution is -2.14. The van der Waals surface area contributed by atoms with Crippen molar-refractivity contribution in [1.29, 1.82) is 0 Å². The first-order chi connectivity index (χ1) is 10.5. The fourth-order valence-electron chi connectivity index (χ4n) is 2.32. The number of anilines is 1. The number of nitrogens with one attached hydrogen (secondary N) is 1. The Bertz CT molecular complexity index is 722. The minimum absolute atomic E-state index is 0.208. The second-order valence-corrected chi connectivity index (χ2v) is 6.73. The summed E-state index contributed by atoms with van der Waals surface area (Å²) in [6.45, 7) is 3.79. The molecule has 0 unspecified atom stereocenters. The molecule has 0 aliphatic carbocycles. The average molecular weight is 335 g/mol. The zero-order chi connectivity index (χ0) is 16.3. The molecular weight excluding hydrogens is 318 g/mol. The van der Waals surface area contributed by atoms with E-state index in [4.69, 9.17) is 0 Å². The highest BCUT2D eigenvalue weighted by molar-refractivity contribution is 7.98. The minimum Gasteiger partial charge on any atom is -0.478 e. The topological polar surface area (TPSA) is 66.4 Å². The maximum atomic E-state index is 12.5. The lowest BCUT2D eigenvalue weighted by Gasteiger charge is -2.08. The van der Waals surface area contributed by atoms with E-state index in [1.807, 2.05) is 32.2 Å². The molecule has 116 valence electrons. The Balaban J connectivity index is 2.39. The number of thiophene rings is 1. The molecule has 0 saturated carbocycles. The van der Waals surface area contributed by atoms with Crippen molar-refractivity contribution in [2.75, 3.05) is 11.6 Å². The number of hydrogen-bond donors (Lipinski definition) is 2. The summed E-state index contributed by atoms with van der Waals surface area (Å²) in [4.78, 5) is 25.8. The summed E-state index contributed by atoms with van der Waals surface area (Å²) in [5, 5.41) is 12.6. The summed E-state index contributed by atoms with van der Waals surface area (Å²) in [5.41, 5.74) is 1.54. The van der Waals surface area contributed by atoms with Crippen molar-refractivity contribution in [2.24, 2.45) is 0 Å². The van der Waals surface area contributed by atoms with Crippen LogP contribution in [0.15, 0.2) is 29.2 Å². The Hall–Kier alpha value is -1.79. The van der Waals surface area contributed by atoms with Crippen molar-refractivity contribution in [1.82, 2.24) is 0 Å². The van der Waals surface area contributed by atoms with Crippen molar-refractivity contribution in [3.63, 3.8) is 0 Å². The zero-order valence-corrected chi connectivity index (χ0v) is 14.2. The highest BCUT2D eigenvalue weighted by atomic mass is 32.2. The van der Waals surface area contributed by atoms with E-state index in [0.29, 0.717) is 17.0 Å². The number of carboxylic acid groups (broad SMARTS) is 1. The van der Waals surface area contributed by atoms with Crippen molar-refractivity contribution in [3.8, 4) is 0 Å². The number of amides is 1. The molecule has 6 heteroatoms. The third-order valence-electron chi connectivity index (χ3n) is 3.36. The molecule has 0 fully saturated rings. The van der Waals surface area contributed by atoms with Gasteiger partial charge in [0.15, 0.2) is 0 Å². The van der Waals surface area contributed by atoms with Gasteiger partial charge in [-0.1, -0.05) is 19.1 Å². The van der Waals surface area contributed by atoms with Gasteiger partial charge in [0.2, 0.25) is 0 Å². The number of aryl methyl sites for hydroxylation is 1. The van der Waals surface area contributed by atoms with Crippen molar-refractivity contribution >= 4 is 40.0 Å². The molecule has 1 heterocycles. The van der Waals surface area contributed by atoms with Crippen LogP contribution in [0.25, 0.3) is 0 Å². The fraction of sp³-hybridized carbons (Fsp3) is 0.250. The Morgan fingerprint density at radius 2 is 2.00 bits per heavy atom. The van der Waals surface area contributed by atoms with E-state index in [9.17, 15) is 14.7 Å². The molecule has 0 spiro atoms. The molecule has 0 radical (unpaired) electrons. The van der Waals surface area contributed by atoms with Crippen LogP contribution in [-0.4, -0.2) is 23.2 Å². The van der Waals surface area contributed by atoms with E-state index >= 15 is 0 Å². The highest BCUT2D eigenvalue weighted by Crippen LogP contribution is 2.34. The SMILES string of the molecule is CCc1c(C)sc(NC(=O)c2ccccc2SC)c1C(=O)O. The van der Waals surface area contributed by atoms with E-state index in [-0.39, 0.29) is 11.5 Å². The molecule has 1 aromatic heterocycles. The third-order valence-corrected chi connectivity index (χ3v) is 5.21. The third kappa shape index (κ3) is 3.18. The van der Waals surface area contributed by atoms with Crippen molar-refractivity contribution in [3.05, 3.63) is 45.8 Å². The van der Waals surface area contributed by atoms with E-state index < -0.39 is 5.97 Å². The molecule has 2 rings (SSSR count). The average Bonchev–Trinajstić information content (AvgIpc) is 2.82. The smallest absolute Gasteiger partial charge is 0.339 e. The predicted molar refractivity (Wildman–Crippen MR) is 91.6 cm³/mol. The molecule has 0 bridgehead atoms. The molecule has 1 aromatic carbocycles. The Kier molecular flexibility index (Phi) is 5.26. The summed E-state index contributed by atoms with van der Waals surface area (Å²) < 4.78 is 0. The Morgan fingerprint density at radius 1 is 1.32 bits per heavy atom. The van der Waals surface area contributed by atoms with Gasteiger partial charge in [-0.25, -0.2) is 4.79 Å². The van der Waals surface area contributed by atoms with Gasteiger partial charge in [0, 0.05) is 9.77 Å². The number of carboxylic acids is 1. The van der Waals surface area contributed by atoms with Gasteiger partial charge in [0.05, 0.1) is 11.1 Å². The van der Waals surface area contributed by atoms with Crippen LogP contribution in [0.1, 0.15) is 38.1 Å². The van der Waals surface area contributed by atoms with Crippen LogP contribution in [0.3, 0.4) is 0 Å². The predicted octanol–water partition coefficient (Wildman–Crippen LogP) is 4.29. The standard InChI is InChI=1S/C16H17NO3S2/c1-4-10-9(2)22-15(13(10)16(19)20)17-14(18)11-7-5-6-8-12(11)21-3/h5-8H,4H2,1-3H3,(H,17,18)(H,19,20). The van der Waals surface area contributed by atoms with E-state index in [1.54, 1.807) is 12.1 Å². The number of aromatic carboxylic acids is 1. The van der Waals surface area contributed by atoms with Crippen LogP contribution >= 0.6 is 23.1 Å². The minimum atomic E-state index is -1.00. The summed E-state index contributed by atoms with van der Waals surface area (Å²) in [6.07, 6.45) is 2.53. The van der Waals surface area contributed by atoms with Gasteiger partial charge in [-0.2, -0.15) is 0 Å².